The molecule has 2 aromatic rings. The first-order valence-electron chi connectivity index (χ1n) is 5.56. The van der Waals surface area contributed by atoms with E-state index < -0.39 is 17.7 Å². The largest absolute Gasteiger partial charge is 0.271 e. The van der Waals surface area contributed by atoms with Crippen LogP contribution >= 0.6 is 11.6 Å². The van der Waals surface area contributed by atoms with Crippen LogP contribution in [-0.4, -0.2) is 4.98 Å². The molecule has 0 aliphatic rings. The van der Waals surface area contributed by atoms with Crippen LogP contribution in [-0.2, 0) is 0 Å². The lowest BCUT2D eigenvalue weighted by molar-refractivity contribution is 0.478. The topological polar surface area (TPSA) is 50.9 Å². The second kappa shape index (κ2) is 5.61. The maximum Gasteiger partial charge on any atom is 0.164 e. The molecule has 1 unspecified atom stereocenters. The summed E-state index contributed by atoms with van der Waals surface area (Å²) in [7, 11) is 0. The van der Waals surface area contributed by atoms with Gasteiger partial charge in [0.2, 0.25) is 0 Å². The van der Waals surface area contributed by atoms with Gasteiger partial charge in [-0.05, 0) is 30.2 Å². The molecule has 1 atom stereocenters. The van der Waals surface area contributed by atoms with Gasteiger partial charge in [0.05, 0.1) is 6.04 Å². The summed E-state index contributed by atoms with van der Waals surface area (Å²) < 4.78 is 27.6. The summed E-state index contributed by atoms with van der Waals surface area (Å²) in [4.78, 5) is 3.83. The summed E-state index contributed by atoms with van der Waals surface area (Å²) in [6, 6.07) is 5.47. The standard InChI is InChI=1S/C13H12ClF2N3/c1-7-2-3-9(12(16)11(7)15)13(19-17)8-4-5-18-10(14)6-8/h2-6,13,19H,17H2,1H3. The second-order valence-electron chi connectivity index (χ2n) is 4.11. The number of hydrogen-bond acceptors (Lipinski definition) is 3. The number of nitrogens with one attached hydrogen (secondary N) is 1. The number of benzene rings is 1. The van der Waals surface area contributed by atoms with Crippen LogP contribution in [0.3, 0.4) is 0 Å². The van der Waals surface area contributed by atoms with Crippen molar-refractivity contribution >= 4 is 11.6 Å². The maximum atomic E-state index is 14.0. The average molecular weight is 284 g/mol. The number of rotatable bonds is 3. The van der Waals surface area contributed by atoms with Gasteiger partial charge < -0.3 is 0 Å². The smallest absolute Gasteiger partial charge is 0.164 e. The van der Waals surface area contributed by atoms with Crippen molar-refractivity contribution < 1.29 is 8.78 Å². The Bertz CT molecular complexity index is 604. The summed E-state index contributed by atoms with van der Waals surface area (Å²) in [5.74, 6) is 3.64. The first-order chi connectivity index (χ1) is 9.04. The minimum absolute atomic E-state index is 0.118. The molecule has 0 bridgehead atoms. The molecule has 100 valence electrons. The highest BCUT2D eigenvalue weighted by Gasteiger charge is 2.20. The molecule has 0 fully saturated rings. The van der Waals surface area contributed by atoms with E-state index in [0.717, 1.165) is 0 Å². The number of hydrazine groups is 1. The third-order valence-electron chi connectivity index (χ3n) is 2.87. The fourth-order valence-electron chi connectivity index (χ4n) is 1.85. The lowest BCUT2D eigenvalue weighted by Gasteiger charge is -2.18. The zero-order valence-corrected chi connectivity index (χ0v) is 10.9. The van der Waals surface area contributed by atoms with Crippen LogP contribution in [0.25, 0.3) is 0 Å². The molecule has 3 N–H and O–H groups in total. The SMILES string of the molecule is Cc1ccc(C(NN)c2ccnc(Cl)c2)c(F)c1F. The van der Waals surface area contributed by atoms with Crippen molar-refractivity contribution in [3.8, 4) is 0 Å². The molecule has 0 spiro atoms. The first-order valence-corrected chi connectivity index (χ1v) is 5.94. The quantitative estimate of drug-likeness (QED) is 0.517. The fourth-order valence-corrected chi connectivity index (χ4v) is 2.03. The molecule has 0 saturated carbocycles. The molecule has 6 heteroatoms. The number of hydrogen-bond donors (Lipinski definition) is 2. The minimum Gasteiger partial charge on any atom is -0.271 e. The third kappa shape index (κ3) is 2.73. The van der Waals surface area contributed by atoms with E-state index in [9.17, 15) is 8.78 Å². The first kappa shape index (κ1) is 13.9. The molecule has 0 aliphatic carbocycles. The molecule has 3 nitrogen and oxygen atoms in total. The zero-order valence-electron chi connectivity index (χ0n) is 10.1. The maximum absolute atomic E-state index is 14.0. The van der Waals surface area contributed by atoms with E-state index in [0.29, 0.717) is 5.56 Å². The number of aromatic nitrogens is 1. The van der Waals surface area contributed by atoms with Crippen LogP contribution in [0, 0.1) is 18.6 Å². The van der Waals surface area contributed by atoms with Gasteiger partial charge >= 0.3 is 0 Å². The molecule has 2 rings (SSSR count). The molecule has 0 saturated heterocycles. The summed E-state index contributed by atoms with van der Waals surface area (Å²) in [6.45, 7) is 1.50. The van der Waals surface area contributed by atoms with Gasteiger partial charge in [-0.15, -0.1) is 0 Å². The van der Waals surface area contributed by atoms with Gasteiger partial charge in [-0.1, -0.05) is 23.7 Å². The van der Waals surface area contributed by atoms with Crippen LogP contribution < -0.4 is 11.3 Å². The van der Waals surface area contributed by atoms with Crippen molar-refractivity contribution in [3.63, 3.8) is 0 Å². The van der Waals surface area contributed by atoms with E-state index in [1.807, 2.05) is 0 Å². The molecule has 1 aromatic heterocycles. The van der Waals surface area contributed by atoms with Crippen molar-refractivity contribution in [1.29, 1.82) is 0 Å². The zero-order chi connectivity index (χ0) is 14.0. The van der Waals surface area contributed by atoms with E-state index >= 15 is 0 Å². The normalized spacial score (nSPS) is 12.5. The Balaban J connectivity index is 2.51. The van der Waals surface area contributed by atoms with Gasteiger partial charge in [-0.3, -0.25) is 5.84 Å². The average Bonchev–Trinajstić information content (AvgIpc) is 2.40. The van der Waals surface area contributed by atoms with Gasteiger partial charge in [-0.2, -0.15) is 0 Å². The second-order valence-corrected chi connectivity index (χ2v) is 4.50. The predicted molar refractivity (Wildman–Crippen MR) is 69.5 cm³/mol. The van der Waals surface area contributed by atoms with Crippen LogP contribution in [0.15, 0.2) is 30.5 Å². The summed E-state index contributed by atoms with van der Waals surface area (Å²) in [6.07, 6.45) is 1.48. The molecule has 0 radical (unpaired) electrons. The van der Waals surface area contributed by atoms with Crippen molar-refractivity contribution in [2.45, 2.75) is 13.0 Å². The van der Waals surface area contributed by atoms with Gasteiger partial charge in [0.25, 0.3) is 0 Å². The summed E-state index contributed by atoms with van der Waals surface area (Å²) in [5.41, 5.74) is 3.42. The van der Waals surface area contributed by atoms with Gasteiger partial charge in [0, 0.05) is 11.8 Å². The molecular weight excluding hydrogens is 272 g/mol. The summed E-state index contributed by atoms with van der Waals surface area (Å²) >= 11 is 5.78. The number of nitrogens with zero attached hydrogens (tertiary/aromatic N) is 1. The highest BCUT2D eigenvalue weighted by Crippen LogP contribution is 2.27. The van der Waals surface area contributed by atoms with Crippen LogP contribution in [0.4, 0.5) is 8.78 Å². The molecule has 0 aliphatic heterocycles. The Morgan fingerprint density at radius 1 is 1.26 bits per heavy atom. The van der Waals surface area contributed by atoms with E-state index in [1.54, 1.807) is 12.1 Å². The molecule has 1 heterocycles. The Labute approximate surface area is 114 Å². The van der Waals surface area contributed by atoms with Gasteiger partial charge in [0.1, 0.15) is 5.15 Å². The lowest BCUT2D eigenvalue weighted by atomic mass is 9.98. The highest BCUT2D eigenvalue weighted by atomic mass is 35.5. The Kier molecular flexibility index (Phi) is 4.09. The van der Waals surface area contributed by atoms with Crippen molar-refractivity contribution in [2.24, 2.45) is 5.84 Å². The number of halogens is 3. The highest BCUT2D eigenvalue weighted by molar-refractivity contribution is 6.29. The molecular formula is C13H12ClF2N3. The van der Waals surface area contributed by atoms with Crippen molar-refractivity contribution in [1.82, 2.24) is 10.4 Å². The number of pyridine rings is 1. The molecule has 1 aromatic carbocycles. The molecule has 19 heavy (non-hydrogen) atoms. The minimum atomic E-state index is -0.920. The van der Waals surface area contributed by atoms with Crippen molar-refractivity contribution in [3.05, 3.63) is 63.9 Å². The van der Waals surface area contributed by atoms with E-state index in [4.69, 9.17) is 17.4 Å². The van der Waals surface area contributed by atoms with Crippen molar-refractivity contribution in [2.75, 3.05) is 0 Å². The Morgan fingerprint density at radius 2 is 2.00 bits per heavy atom. The summed E-state index contributed by atoms with van der Waals surface area (Å²) in [5, 5.41) is 0.255. The Hall–Kier alpha value is -1.56. The monoisotopic (exact) mass is 283 g/mol. The third-order valence-corrected chi connectivity index (χ3v) is 3.07. The van der Waals surface area contributed by atoms with Crippen LogP contribution in [0.5, 0.6) is 0 Å². The van der Waals surface area contributed by atoms with Crippen LogP contribution in [0.2, 0.25) is 5.15 Å². The van der Waals surface area contributed by atoms with Gasteiger partial charge in [-0.25, -0.2) is 19.2 Å². The molecule has 0 amide bonds. The lowest BCUT2D eigenvalue weighted by Crippen LogP contribution is -2.29. The Morgan fingerprint density at radius 3 is 2.63 bits per heavy atom. The van der Waals surface area contributed by atoms with Crippen LogP contribution in [0.1, 0.15) is 22.7 Å². The number of aryl methyl sites for hydroxylation is 1. The van der Waals surface area contributed by atoms with Gasteiger partial charge in [0.15, 0.2) is 11.6 Å². The van der Waals surface area contributed by atoms with E-state index in [2.05, 4.69) is 10.4 Å². The van der Waals surface area contributed by atoms with E-state index in [1.165, 1.54) is 25.3 Å². The fraction of sp³-hybridized carbons (Fsp3) is 0.154. The van der Waals surface area contributed by atoms with E-state index in [-0.39, 0.29) is 16.3 Å². The number of nitrogens with two attached hydrogens (primary N) is 1. The predicted octanol–water partition coefficient (Wildman–Crippen LogP) is 2.87.